The van der Waals surface area contributed by atoms with Crippen LogP contribution < -0.4 is 9.62 Å². The van der Waals surface area contributed by atoms with Crippen molar-refractivity contribution in [2.24, 2.45) is 0 Å². The van der Waals surface area contributed by atoms with Gasteiger partial charge in [-0.2, -0.15) is 0 Å². The molecule has 8 heteroatoms. The van der Waals surface area contributed by atoms with Crippen LogP contribution in [-0.4, -0.2) is 27.9 Å². The molecule has 0 amide bonds. The number of nitrogens with zero attached hydrogens (tertiary/aromatic N) is 1. The van der Waals surface area contributed by atoms with Gasteiger partial charge in [-0.05, 0) is 68.8 Å². The van der Waals surface area contributed by atoms with Crippen molar-refractivity contribution in [1.29, 1.82) is 0 Å². The van der Waals surface area contributed by atoms with E-state index in [2.05, 4.69) is 5.32 Å². The molecule has 1 heterocycles. The zero-order chi connectivity index (χ0) is 18.9. The molecule has 1 aliphatic rings. The van der Waals surface area contributed by atoms with Crippen LogP contribution in [0.5, 0.6) is 0 Å². The molecule has 4 nitrogen and oxygen atoms in total. The third-order valence-electron chi connectivity index (χ3n) is 4.51. The van der Waals surface area contributed by atoms with E-state index in [1.54, 1.807) is 7.05 Å². The quantitative estimate of drug-likeness (QED) is 0.644. The average molecular weight is 386 g/mol. The Balaban J connectivity index is 2.09. The fourth-order valence-electron chi connectivity index (χ4n) is 3.25. The van der Waals surface area contributed by atoms with Crippen molar-refractivity contribution < 1.29 is 22.3 Å². The van der Waals surface area contributed by atoms with Gasteiger partial charge in [-0.25, -0.2) is 17.5 Å². The largest absolute Gasteiger partial charge is 0.320 e. The number of anilines is 2. The zero-order valence-corrected chi connectivity index (χ0v) is 15.1. The molecule has 1 atom stereocenters. The van der Waals surface area contributed by atoms with Crippen LogP contribution in [0.15, 0.2) is 36.4 Å². The molecular weight excluding hydrogens is 365 g/mol. The summed E-state index contributed by atoms with van der Waals surface area (Å²) in [5, 5.41) is 2.40. The number of rotatable bonds is 5. The summed E-state index contributed by atoms with van der Waals surface area (Å²) in [6.45, 7) is 0.687. The van der Waals surface area contributed by atoms with E-state index < -0.39 is 33.5 Å². The van der Waals surface area contributed by atoms with Gasteiger partial charge in [-0.15, -0.1) is 10.8 Å². The second kappa shape index (κ2) is 7.48. The second-order valence-corrected chi connectivity index (χ2v) is 8.45. The molecular formula is C18H21F3N2O2S. The maximum Gasteiger partial charge on any atom is 0.151 e. The number of hydrogen-bond acceptors (Lipinski definition) is 4. The third kappa shape index (κ3) is 3.55. The first-order chi connectivity index (χ1) is 12.3. The number of nitrogens with one attached hydrogen (secondary N) is 1. The zero-order valence-electron chi connectivity index (χ0n) is 14.3. The van der Waals surface area contributed by atoms with Gasteiger partial charge in [-0.1, -0.05) is 0 Å². The molecule has 0 saturated carbocycles. The van der Waals surface area contributed by atoms with E-state index >= 15 is 0 Å². The van der Waals surface area contributed by atoms with Gasteiger partial charge in [0.2, 0.25) is 0 Å². The predicted octanol–water partition coefficient (Wildman–Crippen LogP) is 4.83. The first-order valence-electron chi connectivity index (χ1n) is 8.30. The number of benzene rings is 2. The molecule has 1 aliphatic heterocycles. The summed E-state index contributed by atoms with van der Waals surface area (Å²) in [6.07, 6.45) is 1.43. The predicted molar refractivity (Wildman–Crippen MR) is 98.4 cm³/mol. The second-order valence-electron chi connectivity index (χ2n) is 6.30. The molecule has 3 rings (SSSR count). The van der Waals surface area contributed by atoms with Crippen LogP contribution in [0.1, 0.15) is 18.4 Å². The third-order valence-corrected chi connectivity index (χ3v) is 6.73. The van der Waals surface area contributed by atoms with Gasteiger partial charge >= 0.3 is 0 Å². The van der Waals surface area contributed by atoms with Crippen LogP contribution in [0.3, 0.4) is 0 Å². The van der Waals surface area contributed by atoms with Crippen molar-refractivity contribution in [2.45, 2.75) is 24.5 Å². The van der Waals surface area contributed by atoms with E-state index in [4.69, 9.17) is 0 Å². The normalized spacial score (nSPS) is 19.9. The lowest BCUT2D eigenvalue weighted by Gasteiger charge is -2.53. The highest BCUT2D eigenvalue weighted by molar-refractivity contribution is 8.26. The van der Waals surface area contributed by atoms with Crippen molar-refractivity contribution in [3.05, 3.63) is 59.4 Å². The minimum Gasteiger partial charge on any atom is -0.320 e. The summed E-state index contributed by atoms with van der Waals surface area (Å²) in [4.78, 5) is 0. The molecule has 2 aromatic carbocycles. The van der Waals surface area contributed by atoms with Crippen molar-refractivity contribution >= 4 is 22.2 Å². The van der Waals surface area contributed by atoms with Crippen LogP contribution in [0.25, 0.3) is 0 Å². The first-order valence-corrected chi connectivity index (χ1v) is 9.86. The van der Waals surface area contributed by atoms with Crippen molar-refractivity contribution in [2.75, 3.05) is 17.9 Å². The Hall–Kier alpha value is -1.74. The van der Waals surface area contributed by atoms with E-state index in [0.29, 0.717) is 36.7 Å². The van der Waals surface area contributed by atoms with Gasteiger partial charge in [-0.3, -0.25) is 9.11 Å². The van der Waals surface area contributed by atoms with E-state index in [9.17, 15) is 22.3 Å². The van der Waals surface area contributed by atoms with Crippen LogP contribution in [0.2, 0.25) is 0 Å². The standard InChI is InChI=1S/C18H21F3N2O2S/c1-22-8-2-3-15-10-12-9-13(19)4-6-17(12)23(26(15,24)25)18-7-5-14(20)11-16(18)21/h4-7,9,11,15,22,24-25H,2-3,8,10H2,1H3/t15-/m1/s1. The highest BCUT2D eigenvalue weighted by atomic mass is 32.3. The Bertz CT molecular complexity index is 804. The number of halogens is 3. The van der Waals surface area contributed by atoms with Gasteiger partial charge in [0.1, 0.15) is 11.6 Å². The smallest absolute Gasteiger partial charge is 0.151 e. The van der Waals surface area contributed by atoms with Crippen LogP contribution in [0.4, 0.5) is 24.5 Å². The molecule has 2 aromatic rings. The molecule has 0 saturated heterocycles. The molecule has 142 valence electrons. The Kier molecular flexibility index (Phi) is 5.47. The minimum absolute atomic E-state index is 0.141. The fourth-order valence-corrected chi connectivity index (χ4v) is 5.34. The molecule has 0 bridgehead atoms. The van der Waals surface area contributed by atoms with Crippen molar-refractivity contribution in [3.63, 3.8) is 0 Å². The Labute approximate surface area is 152 Å². The molecule has 0 fully saturated rings. The summed E-state index contributed by atoms with van der Waals surface area (Å²) < 4.78 is 64.4. The molecule has 0 spiro atoms. The molecule has 0 aromatic heterocycles. The Morgan fingerprint density at radius 1 is 1.08 bits per heavy atom. The SMILES string of the molecule is CNCCC[C@@H]1Cc2cc(F)ccc2N(c2ccc(F)cc2F)S1(O)O. The van der Waals surface area contributed by atoms with Gasteiger partial charge < -0.3 is 5.32 Å². The maximum atomic E-state index is 14.4. The van der Waals surface area contributed by atoms with E-state index in [0.717, 1.165) is 10.4 Å². The van der Waals surface area contributed by atoms with Crippen LogP contribution in [-0.2, 0) is 6.42 Å². The molecule has 26 heavy (non-hydrogen) atoms. The lowest BCUT2D eigenvalue weighted by molar-refractivity contribution is 0.453. The maximum absolute atomic E-state index is 14.4. The molecule has 3 N–H and O–H groups in total. The van der Waals surface area contributed by atoms with Crippen molar-refractivity contribution in [3.8, 4) is 0 Å². The lowest BCUT2D eigenvalue weighted by atomic mass is 10.0. The summed E-state index contributed by atoms with van der Waals surface area (Å²) in [5.41, 5.74) is 0.744. The fraction of sp³-hybridized carbons (Fsp3) is 0.333. The highest BCUT2D eigenvalue weighted by Crippen LogP contribution is 2.61. The monoisotopic (exact) mass is 386 g/mol. The van der Waals surface area contributed by atoms with E-state index in [-0.39, 0.29) is 12.1 Å². The van der Waals surface area contributed by atoms with Crippen LogP contribution >= 0.6 is 10.8 Å². The Morgan fingerprint density at radius 3 is 2.38 bits per heavy atom. The summed E-state index contributed by atoms with van der Waals surface area (Å²) >= 11 is 0. The summed E-state index contributed by atoms with van der Waals surface area (Å²) in [6, 6.07) is 6.82. The van der Waals surface area contributed by atoms with Gasteiger partial charge in [0.15, 0.2) is 5.82 Å². The molecule has 0 radical (unpaired) electrons. The lowest BCUT2D eigenvalue weighted by Crippen LogP contribution is -2.38. The van der Waals surface area contributed by atoms with E-state index in [1.807, 2.05) is 0 Å². The van der Waals surface area contributed by atoms with Crippen molar-refractivity contribution in [1.82, 2.24) is 5.32 Å². The topological polar surface area (TPSA) is 55.7 Å². The molecule has 0 unspecified atom stereocenters. The Morgan fingerprint density at radius 2 is 1.73 bits per heavy atom. The summed E-state index contributed by atoms with van der Waals surface area (Å²) in [5.74, 6) is -2.11. The average Bonchev–Trinajstić information content (AvgIpc) is 2.57. The van der Waals surface area contributed by atoms with Gasteiger partial charge in [0.05, 0.1) is 16.6 Å². The summed E-state index contributed by atoms with van der Waals surface area (Å²) in [7, 11) is -1.64. The number of hydrogen-bond donors (Lipinski definition) is 3. The van der Waals surface area contributed by atoms with Gasteiger partial charge in [0, 0.05) is 6.07 Å². The minimum atomic E-state index is -3.44. The first kappa shape index (κ1) is 19.0. The molecule has 0 aliphatic carbocycles. The van der Waals surface area contributed by atoms with Gasteiger partial charge in [0.25, 0.3) is 0 Å². The van der Waals surface area contributed by atoms with Crippen LogP contribution in [0, 0.1) is 17.5 Å². The highest BCUT2D eigenvalue weighted by Gasteiger charge is 2.40. The van der Waals surface area contributed by atoms with E-state index in [1.165, 1.54) is 24.3 Å². The number of fused-ring (bicyclic) bond motifs is 1.